The molecule has 0 heterocycles. The Bertz CT molecular complexity index is 241. The van der Waals surface area contributed by atoms with Crippen molar-refractivity contribution < 1.29 is 0 Å². The molecule has 0 radical (unpaired) electrons. The Morgan fingerprint density at radius 2 is 1.79 bits per heavy atom. The van der Waals surface area contributed by atoms with E-state index in [0.29, 0.717) is 0 Å². The van der Waals surface area contributed by atoms with Gasteiger partial charge < -0.3 is 4.90 Å². The Morgan fingerprint density at radius 1 is 1.14 bits per heavy atom. The van der Waals surface area contributed by atoms with Gasteiger partial charge in [-0.1, -0.05) is 32.0 Å². The Hall–Kier alpha value is -0.980. The van der Waals surface area contributed by atoms with E-state index in [2.05, 4.69) is 56.0 Å². The fourth-order valence-corrected chi connectivity index (χ4v) is 1.52. The Kier molecular flexibility index (Phi) is 4.51. The minimum atomic E-state index is 0.785. The highest BCUT2D eigenvalue weighted by molar-refractivity contribution is 5.45. The van der Waals surface area contributed by atoms with E-state index in [1.54, 1.807) is 0 Å². The van der Waals surface area contributed by atoms with E-state index in [-0.39, 0.29) is 0 Å². The Labute approximate surface area is 87.7 Å². The summed E-state index contributed by atoms with van der Waals surface area (Å²) in [7, 11) is 0. The van der Waals surface area contributed by atoms with E-state index in [1.807, 2.05) is 0 Å². The van der Waals surface area contributed by atoms with Gasteiger partial charge in [0, 0.05) is 18.8 Å². The highest BCUT2D eigenvalue weighted by Crippen LogP contribution is 2.14. The summed E-state index contributed by atoms with van der Waals surface area (Å²) in [4.78, 5) is 2.43. The van der Waals surface area contributed by atoms with Gasteiger partial charge in [0.25, 0.3) is 0 Å². The van der Waals surface area contributed by atoms with Crippen LogP contribution in [0, 0.1) is 5.92 Å². The minimum Gasteiger partial charge on any atom is -0.372 e. The van der Waals surface area contributed by atoms with Crippen molar-refractivity contribution in [2.75, 3.05) is 18.0 Å². The number of rotatable bonds is 5. The van der Waals surface area contributed by atoms with Crippen molar-refractivity contribution in [3.8, 4) is 0 Å². The number of para-hydroxylation sites is 1. The van der Waals surface area contributed by atoms with Crippen molar-refractivity contribution in [1.82, 2.24) is 0 Å². The molecule has 1 heteroatoms. The molecule has 78 valence electrons. The molecule has 0 aliphatic carbocycles. The quantitative estimate of drug-likeness (QED) is 0.688. The van der Waals surface area contributed by atoms with Crippen LogP contribution in [0.2, 0.25) is 0 Å². The van der Waals surface area contributed by atoms with Crippen LogP contribution in [0.15, 0.2) is 30.3 Å². The standard InChI is InChI=1S/C13H21N/c1-4-14(11-10-12(2)3)13-8-6-5-7-9-13/h5-9,12H,4,10-11H2,1-3H3. The fraction of sp³-hybridized carbons (Fsp3) is 0.538. The topological polar surface area (TPSA) is 3.24 Å². The summed E-state index contributed by atoms with van der Waals surface area (Å²) < 4.78 is 0. The van der Waals surface area contributed by atoms with Gasteiger partial charge in [0.05, 0.1) is 0 Å². The third kappa shape index (κ3) is 3.41. The van der Waals surface area contributed by atoms with Crippen LogP contribution in [0.3, 0.4) is 0 Å². The lowest BCUT2D eigenvalue weighted by atomic mass is 10.1. The molecule has 0 unspecified atom stereocenters. The zero-order valence-corrected chi connectivity index (χ0v) is 9.53. The summed E-state index contributed by atoms with van der Waals surface area (Å²) >= 11 is 0. The van der Waals surface area contributed by atoms with E-state index in [9.17, 15) is 0 Å². The van der Waals surface area contributed by atoms with Gasteiger partial charge in [0.15, 0.2) is 0 Å². The zero-order valence-electron chi connectivity index (χ0n) is 9.53. The molecule has 0 aliphatic heterocycles. The summed E-state index contributed by atoms with van der Waals surface area (Å²) in [5, 5.41) is 0. The number of hydrogen-bond donors (Lipinski definition) is 0. The van der Waals surface area contributed by atoms with Crippen molar-refractivity contribution in [1.29, 1.82) is 0 Å². The maximum atomic E-state index is 2.43. The van der Waals surface area contributed by atoms with Gasteiger partial charge in [-0.05, 0) is 31.4 Å². The van der Waals surface area contributed by atoms with Crippen LogP contribution in [0.4, 0.5) is 5.69 Å². The summed E-state index contributed by atoms with van der Waals surface area (Å²) in [6, 6.07) is 10.6. The lowest BCUT2D eigenvalue weighted by Gasteiger charge is -2.23. The van der Waals surface area contributed by atoms with Crippen LogP contribution < -0.4 is 4.90 Å². The van der Waals surface area contributed by atoms with Crippen molar-refractivity contribution >= 4 is 5.69 Å². The van der Waals surface area contributed by atoms with Gasteiger partial charge in [0.2, 0.25) is 0 Å². The molecule has 1 aromatic carbocycles. The van der Waals surface area contributed by atoms with Gasteiger partial charge in [0.1, 0.15) is 0 Å². The van der Waals surface area contributed by atoms with E-state index < -0.39 is 0 Å². The van der Waals surface area contributed by atoms with E-state index in [1.165, 1.54) is 12.1 Å². The molecule has 0 saturated carbocycles. The van der Waals surface area contributed by atoms with Crippen LogP contribution in [0.25, 0.3) is 0 Å². The highest BCUT2D eigenvalue weighted by Gasteiger charge is 2.03. The van der Waals surface area contributed by atoms with E-state index in [0.717, 1.165) is 19.0 Å². The Balaban J connectivity index is 2.54. The zero-order chi connectivity index (χ0) is 10.4. The van der Waals surface area contributed by atoms with Crippen LogP contribution in [-0.2, 0) is 0 Å². The molecular weight excluding hydrogens is 170 g/mol. The second-order valence-electron chi connectivity index (χ2n) is 4.10. The molecule has 0 saturated heterocycles. The number of nitrogens with zero attached hydrogens (tertiary/aromatic N) is 1. The van der Waals surface area contributed by atoms with Gasteiger partial charge in [-0.3, -0.25) is 0 Å². The first kappa shape index (κ1) is 11.1. The molecule has 0 N–H and O–H groups in total. The summed E-state index contributed by atoms with van der Waals surface area (Å²) in [6.45, 7) is 9.03. The molecule has 1 aromatic rings. The second-order valence-corrected chi connectivity index (χ2v) is 4.10. The molecule has 14 heavy (non-hydrogen) atoms. The normalized spacial score (nSPS) is 10.6. The van der Waals surface area contributed by atoms with Crippen molar-refractivity contribution in [2.24, 2.45) is 5.92 Å². The minimum absolute atomic E-state index is 0.785. The van der Waals surface area contributed by atoms with E-state index in [4.69, 9.17) is 0 Å². The van der Waals surface area contributed by atoms with Crippen LogP contribution in [-0.4, -0.2) is 13.1 Å². The largest absolute Gasteiger partial charge is 0.372 e. The van der Waals surface area contributed by atoms with Gasteiger partial charge in [-0.25, -0.2) is 0 Å². The fourth-order valence-electron chi connectivity index (χ4n) is 1.52. The predicted molar refractivity (Wildman–Crippen MR) is 63.8 cm³/mol. The van der Waals surface area contributed by atoms with Crippen molar-refractivity contribution in [3.63, 3.8) is 0 Å². The molecule has 0 amide bonds. The van der Waals surface area contributed by atoms with Crippen molar-refractivity contribution in [2.45, 2.75) is 27.2 Å². The molecular formula is C13H21N. The molecule has 0 bridgehead atoms. The average Bonchev–Trinajstić information content (AvgIpc) is 2.20. The second kappa shape index (κ2) is 5.69. The summed E-state index contributed by atoms with van der Waals surface area (Å²) in [5.41, 5.74) is 1.34. The predicted octanol–water partition coefficient (Wildman–Crippen LogP) is 3.56. The van der Waals surface area contributed by atoms with Gasteiger partial charge in [-0.2, -0.15) is 0 Å². The molecule has 0 atom stereocenters. The van der Waals surface area contributed by atoms with Gasteiger partial charge in [-0.15, -0.1) is 0 Å². The lowest BCUT2D eigenvalue weighted by Crippen LogP contribution is -2.24. The maximum Gasteiger partial charge on any atom is 0.0366 e. The Morgan fingerprint density at radius 3 is 2.29 bits per heavy atom. The van der Waals surface area contributed by atoms with Gasteiger partial charge >= 0.3 is 0 Å². The molecule has 0 spiro atoms. The number of benzene rings is 1. The lowest BCUT2D eigenvalue weighted by molar-refractivity contribution is 0.576. The smallest absolute Gasteiger partial charge is 0.0366 e. The van der Waals surface area contributed by atoms with Crippen LogP contribution >= 0.6 is 0 Å². The monoisotopic (exact) mass is 191 g/mol. The highest BCUT2D eigenvalue weighted by atomic mass is 15.1. The first-order chi connectivity index (χ1) is 6.74. The summed E-state index contributed by atoms with van der Waals surface area (Å²) in [6.07, 6.45) is 1.27. The van der Waals surface area contributed by atoms with Crippen molar-refractivity contribution in [3.05, 3.63) is 30.3 Å². The molecule has 1 nitrogen and oxygen atoms in total. The van der Waals surface area contributed by atoms with E-state index >= 15 is 0 Å². The van der Waals surface area contributed by atoms with Crippen LogP contribution in [0.5, 0.6) is 0 Å². The molecule has 0 fully saturated rings. The molecule has 0 aliphatic rings. The van der Waals surface area contributed by atoms with Crippen LogP contribution in [0.1, 0.15) is 27.2 Å². The first-order valence-corrected chi connectivity index (χ1v) is 5.54. The first-order valence-electron chi connectivity index (χ1n) is 5.54. The number of anilines is 1. The molecule has 1 rings (SSSR count). The SMILES string of the molecule is CCN(CCC(C)C)c1ccccc1. The maximum absolute atomic E-state index is 2.43. The summed E-state index contributed by atoms with van der Waals surface area (Å²) in [5.74, 6) is 0.785. The third-order valence-corrected chi connectivity index (χ3v) is 2.48. The number of hydrogen-bond acceptors (Lipinski definition) is 1. The average molecular weight is 191 g/mol. The molecule has 0 aromatic heterocycles. The third-order valence-electron chi connectivity index (χ3n) is 2.48.